The number of nitro benzene ring substituents is 1. The van der Waals surface area contributed by atoms with Gasteiger partial charge in [0.15, 0.2) is 0 Å². The third-order valence-electron chi connectivity index (χ3n) is 3.49. The summed E-state index contributed by atoms with van der Waals surface area (Å²) in [5.74, 6) is -0.422. The van der Waals surface area contributed by atoms with Crippen LogP contribution >= 0.6 is 11.6 Å². The average Bonchev–Trinajstić information content (AvgIpc) is 2.57. The third-order valence-corrected chi connectivity index (χ3v) is 3.71. The fourth-order valence-electron chi connectivity index (χ4n) is 2.22. The smallest absolute Gasteiger partial charge is 0.312 e. The van der Waals surface area contributed by atoms with Gasteiger partial charge in [0.25, 0.3) is 0 Å². The van der Waals surface area contributed by atoms with Crippen LogP contribution in [0.4, 0.5) is 11.4 Å². The minimum Gasteiger partial charge on any atom is -0.502 e. The molecule has 0 aliphatic rings. The van der Waals surface area contributed by atoms with E-state index in [1.165, 1.54) is 12.3 Å². The van der Waals surface area contributed by atoms with E-state index in [1.807, 2.05) is 37.4 Å². The second-order valence-corrected chi connectivity index (χ2v) is 5.70. The van der Waals surface area contributed by atoms with E-state index in [0.717, 1.165) is 24.7 Å². The summed E-state index contributed by atoms with van der Waals surface area (Å²) in [5, 5.41) is 20.9. The van der Waals surface area contributed by atoms with Crippen LogP contribution in [0.5, 0.6) is 5.75 Å². The molecule has 0 aromatic heterocycles. The zero-order valence-electron chi connectivity index (χ0n) is 13.2. The number of aromatic hydroxyl groups is 1. The molecule has 0 aliphatic heterocycles. The van der Waals surface area contributed by atoms with Crippen molar-refractivity contribution in [3.05, 3.63) is 63.2 Å². The zero-order chi connectivity index (χ0) is 17.5. The van der Waals surface area contributed by atoms with Crippen LogP contribution in [0.3, 0.4) is 0 Å². The van der Waals surface area contributed by atoms with Gasteiger partial charge in [-0.25, -0.2) is 0 Å². The van der Waals surface area contributed by atoms with Gasteiger partial charge in [-0.15, -0.1) is 0 Å². The number of nitro groups is 1. The highest BCUT2D eigenvalue weighted by Crippen LogP contribution is 2.32. The molecule has 24 heavy (non-hydrogen) atoms. The second kappa shape index (κ2) is 8.31. The molecule has 126 valence electrons. The number of para-hydroxylation sites is 1. The Morgan fingerprint density at radius 2 is 2.04 bits per heavy atom. The van der Waals surface area contributed by atoms with Crippen LogP contribution in [0, 0.1) is 10.1 Å². The first-order valence-electron chi connectivity index (χ1n) is 7.42. The van der Waals surface area contributed by atoms with Crippen molar-refractivity contribution >= 4 is 29.2 Å². The van der Waals surface area contributed by atoms with E-state index in [-0.39, 0.29) is 10.6 Å². The molecule has 2 aromatic carbocycles. The Bertz CT molecular complexity index is 735. The Hall–Kier alpha value is -2.60. The number of phenolic OH excluding ortho intramolecular Hbond substituents is 1. The van der Waals surface area contributed by atoms with Crippen LogP contribution in [0.25, 0.3) is 0 Å². The molecule has 0 radical (unpaired) electrons. The predicted octanol–water partition coefficient (Wildman–Crippen LogP) is 3.90. The number of rotatable bonds is 7. The lowest BCUT2D eigenvalue weighted by atomic mass is 10.2. The van der Waals surface area contributed by atoms with Gasteiger partial charge >= 0.3 is 5.69 Å². The lowest BCUT2D eigenvalue weighted by Crippen LogP contribution is -2.18. The van der Waals surface area contributed by atoms with Crippen LogP contribution in [0.15, 0.2) is 47.5 Å². The van der Waals surface area contributed by atoms with Crippen LogP contribution in [0.2, 0.25) is 5.02 Å². The summed E-state index contributed by atoms with van der Waals surface area (Å²) in [5.41, 5.74) is 0.947. The van der Waals surface area contributed by atoms with E-state index in [1.54, 1.807) is 0 Å². The summed E-state index contributed by atoms with van der Waals surface area (Å²) in [7, 11) is 2.01. The highest BCUT2D eigenvalue weighted by molar-refractivity contribution is 6.31. The van der Waals surface area contributed by atoms with Gasteiger partial charge in [0.2, 0.25) is 5.75 Å². The molecule has 2 rings (SSSR count). The Kier molecular flexibility index (Phi) is 6.14. The first kappa shape index (κ1) is 17.7. The molecular formula is C17H18ClN3O3. The van der Waals surface area contributed by atoms with Gasteiger partial charge in [-0.3, -0.25) is 15.1 Å². The van der Waals surface area contributed by atoms with Gasteiger partial charge in [0, 0.05) is 48.7 Å². The van der Waals surface area contributed by atoms with E-state index in [0.29, 0.717) is 6.54 Å². The molecule has 0 aliphatic carbocycles. The number of halogens is 1. The summed E-state index contributed by atoms with van der Waals surface area (Å²) in [6.45, 7) is 1.36. The van der Waals surface area contributed by atoms with E-state index < -0.39 is 16.4 Å². The summed E-state index contributed by atoms with van der Waals surface area (Å²) in [6, 6.07) is 12.6. The fraction of sp³-hybridized carbons (Fsp3) is 0.235. The molecule has 6 nitrogen and oxygen atoms in total. The van der Waals surface area contributed by atoms with Crippen molar-refractivity contribution in [1.82, 2.24) is 0 Å². The molecule has 0 fully saturated rings. The Morgan fingerprint density at radius 3 is 2.71 bits per heavy atom. The number of hydrogen-bond donors (Lipinski definition) is 1. The largest absolute Gasteiger partial charge is 0.502 e. The third kappa shape index (κ3) is 4.70. The van der Waals surface area contributed by atoms with Gasteiger partial charge in [-0.2, -0.15) is 0 Å². The first-order chi connectivity index (χ1) is 11.5. The van der Waals surface area contributed by atoms with Crippen LogP contribution in [0.1, 0.15) is 12.0 Å². The van der Waals surface area contributed by atoms with E-state index in [9.17, 15) is 15.2 Å². The maximum absolute atomic E-state index is 10.8. The molecular weight excluding hydrogens is 330 g/mol. The SMILES string of the molecule is CN(CCCN=Cc1cc(Cl)cc([N+](=O)[O-])c1O)c1ccccc1. The highest BCUT2D eigenvalue weighted by Gasteiger charge is 2.17. The van der Waals surface area contributed by atoms with Crippen molar-refractivity contribution in [2.24, 2.45) is 4.99 Å². The summed E-state index contributed by atoms with van der Waals surface area (Å²) in [6.07, 6.45) is 2.22. The maximum Gasteiger partial charge on any atom is 0.312 e. The Morgan fingerprint density at radius 1 is 1.33 bits per heavy atom. The van der Waals surface area contributed by atoms with Gasteiger partial charge in [0.05, 0.1) is 4.92 Å². The normalized spacial score (nSPS) is 10.9. The van der Waals surface area contributed by atoms with Gasteiger partial charge in [0.1, 0.15) is 0 Å². The molecule has 0 amide bonds. The quantitative estimate of drug-likeness (QED) is 0.356. The van der Waals surface area contributed by atoms with E-state index in [4.69, 9.17) is 11.6 Å². The fourth-order valence-corrected chi connectivity index (χ4v) is 2.44. The molecule has 0 saturated heterocycles. The van der Waals surface area contributed by atoms with Gasteiger partial charge in [-0.05, 0) is 24.6 Å². The molecule has 0 saturated carbocycles. The van der Waals surface area contributed by atoms with Crippen LogP contribution in [-0.2, 0) is 0 Å². The molecule has 0 unspecified atom stereocenters. The summed E-state index contributed by atoms with van der Waals surface area (Å²) in [4.78, 5) is 16.5. The van der Waals surface area contributed by atoms with Crippen LogP contribution in [-0.4, -0.2) is 36.4 Å². The Labute approximate surface area is 145 Å². The molecule has 7 heteroatoms. The van der Waals surface area contributed by atoms with Crippen LogP contribution < -0.4 is 4.90 Å². The number of benzene rings is 2. The average molecular weight is 348 g/mol. The number of anilines is 1. The number of hydrogen-bond acceptors (Lipinski definition) is 5. The van der Waals surface area contributed by atoms with Crippen molar-refractivity contribution in [3.63, 3.8) is 0 Å². The number of nitrogens with zero attached hydrogens (tertiary/aromatic N) is 3. The van der Waals surface area contributed by atoms with Crippen molar-refractivity contribution in [3.8, 4) is 5.75 Å². The maximum atomic E-state index is 10.8. The lowest BCUT2D eigenvalue weighted by molar-refractivity contribution is -0.385. The molecule has 2 aromatic rings. The molecule has 0 spiro atoms. The monoisotopic (exact) mass is 347 g/mol. The molecule has 1 N–H and O–H groups in total. The minimum atomic E-state index is -0.673. The van der Waals surface area contributed by atoms with Crippen molar-refractivity contribution in [2.45, 2.75) is 6.42 Å². The Balaban J connectivity index is 1.92. The first-order valence-corrected chi connectivity index (χ1v) is 7.79. The number of phenols is 1. The summed E-state index contributed by atoms with van der Waals surface area (Å²) < 4.78 is 0. The van der Waals surface area contributed by atoms with Gasteiger partial charge in [-0.1, -0.05) is 29.8 Å². The second-order valence-electron chi connectivity index (χ2n) is 5.27. The molecule has 0 atom stereocenters. The standard InChI is InChI=1S/C17H18ClN3O3/c1-20(15-6-3-2-4-7-15)9-5-8-19-12-13-10-14(18)11-16(17(13)22)21(23)24/h2-4,6-7,10-12,22H,5,8-9H2,1H3. The molecule has 0 heterocycles. The summed E-state index contributed by atoms with van der Waals surface area (Å²) >= 11 is 5.83. The highest BCUT2D eigenvalue weighted by atomic mass is 35.5. The minimum absolute atomic E-state index is 0.185. The molecule has 0 bridgehead atoms. The number of aliphatic imine (C=N–C) groups is 1. The van der Waals surface area contributed by atoms with Crippen molar-refractivity contribution in [2.75, 3.05) is 25.0 Å². The lowest BCUT2D eigenvalue weighted by Gasteiger charge is -2.18. The predicted molar refractivity (Wildman–Crippen MR) is 96.6 cm³/mol. The topological polar surface area (TPSA) is 79.0 Å². The van der Waals surface area contributed by atoms with E-state index in [2.05, 4.69) is 9.89 Å². The van der Waals surface area contributed by atoms with Crippen molar-refractivity contribution in [1.29, 1.82) is 0 Å². The van der Waals surface area contributed by atoms with E-state index >= 15 is 0 Å². The van der Waals surface area contributed by atoms with Gasteiger partial charge < -0.3 is 10.0 Å². The van der Waals surface area contributed by atoms with Crippen molar-refractivity contribution < 1.29 is 10.0 Å². The zero-order valence-corrected chi connectivity index (χ0v) is 14.0.